The molecule has 1 aromatic carbocycles. The van der Waals surface area contributed by atoms with Gasteiger partial charge in [0.25, 0.3) is 0 Å². The molecule has 1 aromatic rings. The van der Waals surface area contributed by atoms with Crippen LogP contribution in [0.5, 0.6) is 11.5 Å². The third-order valence-electron chi connectivity index (χ3n) is 1.94. The predicted molar refractivity (Wildman–Crippen MR) is 54.1 cm³/mol. The highest BCUT2D eigenvalue weighted by molar-refractivity contribution is 6.20. The molecule has 3 nitrogen and oxygen atoms in total. The van der Waals surface area contributed by atoms with Gasteiger partial charge in [-0.15, -0.1) is 0 Å². The van der Waals surface area contributed by atoms with Gasteiger partial charge in [-0.3, -0.25) is 4.79 Å². The second-order valence-electron chi connectivity index (χ2n) is 2.96. The minimum atomic E-state index is -0.145. The van der Waals surface area contributed by atoms with E-state index < -0.39 is 0 Å². The van der Waals surface area contributed by atoms with Gasteiger partial charge in [0.1, 0.15) is 11.5 Å². The Labute approximate surface area is 82.3 Å². The van der Waals surface area contributed by atoms with Crippen LogP contribution < -0.4 is 0 Å². The summed E-state index contributed by atoms with van der Waals surface area (Å²) in [5.41, 5.74) is 0.762. The van der Waals surface area contributed by atoms with Gasteiger partial charge < -0.3 is 10.2 Å². The quantitative estimate of drug-likeness (QED) is 0.557. The summed E-state index contributed by atoms with van der Waals surface area (Å²) in [6.45, 7) is 3.12. The molecule has 0 saturated heterocycles. The second-order valence-corrected chi connectivity index (χ2v) is 2.96. The van der Waals surface area contributed by atoms with Gasteiger partial charge >= 0.3 is 0 Å². The molecule has 0 aliphatic carbocycles. The van der Waals surface area contributed by atoms with E-state index in [0.29, 0.717) is 11.1 Å². The molecule has 1 rings (SSSR count). The Balaban J connectivity index is 3.30. The highest BCUT2D eigenvalue weighted by Gasteiger charge is 2.11. The second kappa shape index (κ2) is 3.96. The van der Waals surface area contributed by atoms with Crippen LogP contribution in [0.25, 0.3) is 5.57 Å². The summed E-state index contributed by atoms with van der Waals surface area (Å²) in [6.07, 6.45) is 1.61. The number of carbonyl (C=O) groups is 1. The van der Waals surface area contributed by atoms with Crippen molar-refractivity contribution in [1.82, 2.24) is 0 Å². The molecular weight excluding hydrogens is 180 g/mol. The zero-order valence-electron chi connectivity index (χ0n) is 8.11. The first-order valence-corrected chi connectivity index (χ1v) is 4.26. The van der Waals surface area contributed by atoms with Crippen molar-refractivity contribution in [2.75, 3.05) is 0 Å². The number of Topliss-reactive ketones (excluding diaryl/α,β-unsaturated/α-hetero) is 1. The predicted octanol–water partition coefficient (Wildman–Crippen LogP) is 2.09. The monoisotopic (exact) mass is 192 g/mol. The molecular formula is C11H12O3. The van der Waals surface area contributed by atoms with E-state index >= 15 is 0 Å². The topological polar surface area (TPSA) is 57.5 Å². The summed E-state index contributed by atoms with van der Waals surface area (Å²) in [7, 11) is 0. The largest absolute Gasteiger partial charge is 0.508 e. The molecule has 2 N–H and O–H groups in total. The molecule has 0 spiro atoms. The maximum Gasteiger partial charge on any atom is 0.160 e. The van der Waals surface area contributed by atoms with Gasteiger partial charge in [-0.1, -0.05) is 6.08 Å². The standard InChI is InChI=1S/C11H12O3/c1-3-9(7(2)12)10-6-8(13)4-5-11(10)14/h3-6,13-14H,1-2H3/b9-3+. The molecule has 74 valence electrons. The molecule has 0 aromatic heterocycles. The third kappa shape index (κ3) is 1.93. The van der Waals surface area contributed by atoms with Gasteiger partial charge in [-0.05, 0) is 32.0 Å². The Bertz CT molecular complexity index is 392. The van der Waals surface area contributed by atoms with Crippen molar-refractivity contribution in [3.05, 3.63) is 29.8 Å². The molecule has 0 fully saturated rings. The lowest BCUT2D eigenvalue weighted by Crippen LogP contribution is -1.95. The average molecular weight is 192 g/mol. The van der Waals surface area contributed by atoms with E-state index in [2.05, 4.69) is 0 Å². The number of benzene rings is 1. The van der Waals surface area contributed by atoms with Crippen LogP contribution in [0.2, 0.25) is 0 Å². The van der Waals surface area contributed by atoms with Crippen molar-refractivity contribution < 1.29 is 15.0 Å². The first kappa shape index (κ1) is 10.3. The molecule has 0 saturated carbocycles. The van der Waals surface area contributed by atoms with Crippen LogP contribution in [0.3, 0.4) is 0 Å². The van der Waals surface area contributed by atoms with Crippen molar-refractivity contribution >= 4 is 11.4 Å². The van der Waals surface area contributed by atoms with E-state index in [9.17, 15) is 15.0 Å². The molecule has 0 unspecified atom stereocenters. The number of hydrogen-bond acceptors (Lipinski definition) is 3. The number of phenols is 2. The van der Waals surface area contributed by atoms with Crippen LogP contribution in [0.1, 0.15) is 19.4 Å². The Morgan fingerprint density at radius 3 is 2.50 bits per heavy atom. The Morgan fingerprint density at radius 1 is 1.36 bits per heavy atom. The minimum Gasteiger partial charge on any atom is -0.508 e. The smallest absolute Gasteiger partial charge is 0.160 e. The SMILES string of the molecule is C/C=C(\C(C)=O)c1cc(O)ccc1O. The van der Waals surface area contributed by atoms with Crippen molar-refractivity contribution in [2.24, 2.45) is 0 Å². The number of hydrogen-bond donors (Lipinski definition) is 2. The Hall–Kier alpha value is -1.77. The van der Waals surface area contributed by atoms with Crippen molar-refractivity contribution in [1.29, 1.82) is 0 Å². The molecule has 0 atom stereocenters. The lowest BCUT2D eigenvalue weighted by molar-refractivity contribution is -0.111. The summed E-state index contributed by atoms with van der Waals surface area (Å²) < 4.78 is 0. The molecule has 0 aliphatic heterocycles. The van der Waals surface area contributed by atoms with Gasteiger partial charge in [0, 0.05) is 11.1 Å². The third-order valence-corrected chi connectivity index (χ3v) is 1.94. The molecule has 14 heavy (non-hydrogen) atoms. The molecule has 0 amide bonds. The molecule has 0 aliphatic rings. The Kier molecular flexibility index (Phi) is 2.92. The van der Waals surface area contributed by atoms with Gasteiger partial charge in [-0.2, -0.15) is 0 Å². The zero-order chi connectivity index (χ0) is 10.7. The number of phenolic OH excluding ortho intramolecular Hbond substituents is 2. The summed E-state index contributed by atoms with van der Waals surface area (Å²) in [5.74, 6) is -0.127. The van der Waals surface area contributed by atoms with Gasteiger partial charge in [-0.25, -0.2) is 0 Å². The fraction of sp³-hybridized carbons (Fsp3) is 0.182. The first-order valence-electron chi connectivity index (χ1n) is 4.26. The van der Waals surface area contributed by atoms with Crippen LogP contribution in [0.4, 0.5) is 0 Å². The fourth-order valence-corrected chi connectivity index (χ4v) is 1.29. The number of carbonyl (C=O) groups excluding carboxylic acids is 1. The van der Waals surface area contributed by atoms with E-state index in [4.69, 9.17) is 0 Å². The normalized spacial score (nSPS) is 11.4. The molecule has 0 radical (unpaired) electrons. The average Bonchev–Trinajstić information content (AvgIpc) is 2.11. The maximum absolute atomic E-state index is 11.2. The van der Waals surface area contributed by atoms with Crippen molar-refractivity contribution in [2.45, 2.75) is 13.8 Å². The fourth-order valence-electron chi connectivity index (χ4n) is 1.29. The number of aromatic hydroxyl groups is 2. The minimum absolute atomic E-state index is 0.00824. The maximum atomic E-state index is 11.2. The van der Waals surface area contributed by atoms with E-state index in [1.807, 2.05) is 0 Å². The van der Waals surface area contributed by atoms with E-state index in [-0.39, 0.29) is 17.3 Å². The molecule has 3 heteroatoms. The van der Waals surface area contributed by atoms with Crippen LogP contribution in [-0.2, 0) is 4.79 Å². The van der Waals surface area contributed by atoms with Gasteiger partial charge in [0.2, 0.25) is 0 Å². The molecule has 0 bridgehead atoms. The Morgan fingerprint density at radius 2 is 2.00 bits per heavy atom. The summed E-state index contributed by atoms with van der Waals surface area (Å²) in [5, 5.41) is 18.7. The van der Waals surface area contributed by atoms with E-state index in [1.54, 1.807) is 13.0 Å². The number of allylic oxidation sites excluding steroid dienone is 2. The summed E-state index contributed by atoms with van der Waals surface area (Å²) in [4.78, 5) is 11.2. The van der Waals surface area contributed by atoms with Crippen molar-refractivity contribution in [3.63, 3.8) is 0 Å². The van der Waals surface area contributed by atoms with Gasteiger partial charge in [0.05, 0.1) is 0 Å². The zero-order valence-corrected chi connectivity index (χ0v) is 8.11. The van der Waals surface area contributed by atoms with E-state index in [1.165, 1.54) is 25.1 Å². The number of rotatable bonds is 2. The number of ketones is 1. The molecule has 0 heterocycles. The van der Waals surface area contributed by atoms with Crippen LogP contribution >= 0.6 is 0 Å². The van der Waals surface area contributed by atoms with Crippen LogP contribution in [0, 0.1) is 0 Å². The van der Waals surface area contributed by atoms with Crippen molar-refractivity contribution in [3.8, 4) is 11.5 Å². The van der Waals surface area contributed by atoms with E-state index in [0.717, 1.165) is 0 Å². The highest BCUT2D eigenvalue weighted by atomic mass is 16.3. The highest BCUT2D eigenvalue weighted by Crippen LogP contribution is 2.28. The van der Waals surface area contributed by atoms with Crippen LogP contribution in [0.15, 0.2) is 24.3 Å². The lowest BCUT2D eigenvalue weighted by atomic mass is 10.0. The van der Waals surface area contributed by atoms with Crippen LogP contribution in [-0.4, -0.2) is 16.0 Å². The first-order chi connectivity index (χ1) is 6.56. The summed E-state index contributed by atoms with van der Waals surface area (Å²) >= 11 is 0. The van der Waals surface area contributed by atoms with Gasteiger partial charge in [0.15, 0.2) is 5.78 Å². The summed E-state index contributed by atoms with van der Waals surface area (Å²) in [6, 6.07) is 4.09. The lowest BCUT2D eigenvalue weighted by Gasteiger charge is -2.06.